The molecular formula is C16H15FN4S. The van der Waals surface area contributed by atoms with Gasteiger partial charge in [0.2, 0.25) is 0 Å². The first-order valence-corrected chi connectivity index (χ1v) is 7.96. The van der Waals surface area contributed by atoms with E-state index >= 15 is 0 Å². The maximum atomic E-state index is 14.0. The number of nitrogens with one attached hydrogen (secondary N) is 1. The summed E-state index contributed by atoms with van der Waals surface area (Å²) in [5.74, 6) is -0.411. The number of nitrogens with two attached hydrogens (primary N) is 1. The topological polar surface area (TPSA) is 63.8 Å². The van der Waals surface area contributed by atoms with Crippen LogP contribution in [0.25, 0.3) is 10.9 Å². The first-order valence-electron chi connectivity index (χ1n) is 6.74. The van der Waals surface area contributed by atoms with E-state index in [4.69, 9.17) is 5.73 Å². The fourth-order valence-corrected chi connectivity index (χ4v) is 2.85. The van der Waals surface area contributed by atoms with Crippen LogP contribution in [0.2, 0.25) is 0 Å². The Hall–Kier alpha value is -2.18. The van der Waals surface area contributed by atoms with Crippen molar-refractivity contribution in [3.8, 4) is 0 Å². The first-order chi connectivity index (χ1) is 10.7. The van der Waals surface area contributed by atoms with Crippen molar-refractivity contribution in [3.63, 3.8) is 0 Å². The molecule has 2 heterocycles. The minimum atomic E-state index is -0.593. The van der Waals surface area contributed by atoms with E-state index in [-0.39, 0.29) is 0 Å². The Morgan fingerprint density at radius 1 is 1.18 bits per heavy atom. The lowest BCUT2D eigenvalue weighted by atomic mass is 9.97. The quantitative estimate of drug-likeness (QED) is 0.722. The van der Waals surface area contributed by atoms with Crippen molar-refractivity contribution in [1.29, 1.82) is 0 Å². The van der Waals surface area contributed by atoms with E-state index in [1.807, 2.05) is 30.5 Å². The summed E-state index contributed by atoms with van der Waals surface area (Å²) >= 11 is 1.45. The molecule has 1 atom stereocenters. The highest BCUT2D eigenvalue weighted by Crippen LogP contribution is 2.34. The van der Waals surface area contributed by atoms with Gasteiger partial charge < -0.3 is 10.5 Å². The highest BCUT2D eigenvalue weighted by atomic mass is 32.2. The number of hydrogen-bond donors (Lipinski definition) is 2. The lowest BCUT2D eigenvalue weighted by Gasteiger charge is -2.19. The SMILES string of the molecule is CSNc1c(C(N)c2ccncc2F)ccc2cccnc12. The lowest BCUT2D eigenvalue weighted by Crippen LogP contribution is -2.15. The Bertz CT molecular complexity index is 809. The molecule has 22 heavy (non-hydrogen) atoms. The standard InChI is InChI=1S/C16H15FN4S/c1-22-21-16-12(5-4-10-3-2-7-20-15(10)16)14(18)11-6-8-19-9-13(11)17/h2-9,14,21H,18H2,1H3. The Morgan fingerprint density at radius 3 is 2.82 bits per heavy atom. The fraction of sp³-hybridized carbons (Fsp3) is 0.125. The number of aromatic nitrogens is 2. The Morgan fingerprint density at radius 2 is 2.05 bits per heavy atom. The maximum Gasteiger partial charge on any atom is 0.146 e. The molecule has 0 bridgehead atoms. The molecule has 0 saturated carbocycles. The molecule has 1 aromatic carbocycles. The summed E-state index contributed by atoms with van der Waals surface area (Å²) in [5, 5.41) is 1.00. The first kappa shape index (κ1) is 14.7. The van der Waals surface area contributed by atoms with Crippen LogP contribution >= 0.6 is 11.9 Å². The van der Waals surface area contributed by atoms with Crippen molar-refractivity contribution in [2.75, 3.05) is 11.0 Å². The number of rotatable bonds is 4. The highest BCUT2D eigenvalue weighted by Gasteiger charge is 2.19. The molecule has 0 aliphatic rings. The fourth-order valence-electron chi connectivity index (χ4n) is 2.43. The second kappa shape index (κ2) is 6.29. The second-order valence-corrected chi connectivity index (χ2v) is 5.40. The molecular weight excluding hydrogens is 299 g/mol. The van der Waals surface area contributed by atoms with Crippen LogP contribution in [0.3, 0.4) is 0 Å². The Balaban J connectivity index is 2.17. The van der Waals surface area contributed by atoms with Crippen LogP contribution in [0, 0.1) is 5.82 Å². The van der Waals surface area contributed by atoms with E-state index in [9.17, 15) is 4.39 Å². The molecule has 6 heteroatoms. The number of benzene rings is 1. The van der Waals surface area contributed by atoms with E-state index in [2.05, 4.69) is 14.7 Å². The summed E-state index contributed by atoms with van der Waals surface area (Å²) in [5.41, 5.74) is 9.14. The lowest BCUT2D eigenvalue weighted by molar-refractivity contribution is 0.593. The van der Waals surface area contributed by atoms with Gasteiger partial charge in [-0.15, -0.1) is 0 Å². The zero-order valence-corrected chi connectivity index (χ0v) is 12.8. The van der Waals surface area contributed by atoms with E-state index in [0.717, 1.165) is 22.2 Å². The molecule has 0 radical (unpaired) electrons. The van der Waals surface area contributed by atoms with Crippen LogP contribution in [-0.4, -0.2) is 16.2 Å². The van der Waals surface area contributed by atoms with Gasteiger partial charge in [-0.25, -0.2) is 4.39 Å². The van der Waals surface area contributed by atoms with Gasteiger partial charge in [-0.3, -0.25) is 9.97 Å². The molecule has 112 valence electrons. The predicted octanol–water partition coefficient (Wildman–Crippen LogP) is 3.51. The zero-order valence-electron chi connectivity index (χ0n) is 12.0. The van der Waals surface area contributed by atoms with E-state index in [0.29, 0.717) is 5.56 Å². The third-order valence-corrected chi connectivity index (χ3v) is 3.89. The van der Waals surface area contributed by atoms with Gasteiger partial charge >= 0.3 is 0 Å². The molecule has 3 N–H and O–H groups in total. The molecule has 0 saturated heterocycles. The van der Waals surface area contributed by atoms with Gasteiger partial charge in [-0.1, -0.05) is 30.1 Å². The molecule has 3 aromatic rings. The highest BCUT2D eigenvalue weighted by molar-refractivity contribution is 7.99. The van der Waals surface area contributed by atoms with Crippen LogP contribution < -0.4 is 10.5 Å². The summed E-state index contributed by atoms with van der Waals surface area (Å²) in [6, 6.07) is 8.73. The number of hydrogen-bond acceptors (Lipinski definition) is 5. The van der Waals surface area contributed by atoms with Crippen molar-refractivity contribution in [2.45, 2.75) is 6.04 Å². The van der Waals surface area contributed by atoms with Crippen molar-refractivity contribution >= 4 is 28.5 Å². The second-order valence-electron chi connectivity index (χ2n) is 4.79. The van der Waals surface area contributed by atoms with Crippen LogP contribution in [-0.2, 0) is 0 Å². The Labute approximate surface area is 132 Å². The molecule has 0 aliphatic carbocycles. The van der Waals surface area contributed by atoms with Gasteiger partial charge in [0.05, 0.1) is 23.4 Å². The number of pyridine rings is 2. The van der Waals surface area contributed by atoms with Crippen molar-refractivity contribution in [1.82, 2.24) is 9.97 Å². The molecule has 1 unspecified atom stereocenters. The van der Waals surface area contributed by atoms with Gasteiger partial charge in [0, 0.05) is 29.6 Å². The van der Waals surface area contributed by atoms with Gasteiger partial charge in [-0.05, 0) is 17.7 Å². The number of nitrogens with zero attached hydrogens (tertiary/aromatic N) is 2. The summed E-state index contributed by atoms with van der Waals surface area (Å²) in [6.45, 7) is 0. The number of fused-ring (bicyclic) bond motifs is 1. The predicted molar refractivity (Wildman–Crippen MR) is 89.1 cm³/mol. The van der Waals surface area contributed by atoms with Crippen LogP contribution in [0.15, 0.2) is 48.9 Å². The Kier molecular flexibility index (Phi) is 4.22. The molecule has 0 amide bonds. The van der Waals surface area contributed by atoms with E-state index in [1.165, 1.54) is 18.1 Å². The molecule has 4 nitrogen and oxygen atoms in total. The van der Waals surface area contributed by atoms with Gasteiger partial charge in [-0.2, -0.15) is 0 Å². The normalized spacial score (nSPS) is 12.3. The molecule has 3 rings (SSSR count). The van der Waals surface area contributed by atoms with E-state index in [1.54, 1.807) is 18.5 Å². The van der Waals surface area contributed by atoms with Crippen molar-refractivity contribution < 1.29 is 4.39 Å². The van der Waals surface area contributed by atoms with Gasteiger partial charge in [0.1, 0.15) is 5.82 Å². The third kappa shape index (κ3) is 2.63. The van der Waals surface area contributed by atoms with Crippen LogP contribution in [0.4, 0.5) is 10.1 Å². The van der Waals surface area contributed by atoms with Crippen molar-refractivity contribution in [2.24, 2.45) is 5.73 Å². The van der Waals surface area contributed by atoms with Crippen LogP contribution in [0.1, 0.15) is 17.2 Å². The van der Waals surface area contributed by atoms with E-state index < -0.39 is 11.9 Å². The van der Waals surface area contributed by atoms with Gasteiger partial charge in [0.25, 0.3) is 0 Å². The number of halogens is 1. The van der Waals surface area contributed by atoms with Gasteiger partial charge in [0.15, 0.2) is 0 Å². The largest absolute Gasteiger partial charge is 0.328 e. The average molecular weight is 314 g/mol. The number of anilines is 1. The zero-order chi connectivity index (χ0) is 15.5. The molecule has 2 aromatic heterocycles. The summed E-state index contributed by atoms with van der Waals surface area (Å²) in [6.07, 6.45) is 6.37. The summed E-state index contributed by atoms with van der Waals surface area (Å²) < 4.78 is 17.2. The minimum Gasteiger partial charge on any atom is -0.328 e. The summed E-state index contributed by atoms with van der Waals surface area (Å²) in [7, 11) is 0. The molecule has 0 fully saturated rings. The smallest absolute Gasteiger partial charge is 0.146 e. The van der Waals surface area contributed by atoms with Crippen molar-refractivity contribution in [3.05, 3.63) is 65.9 Å². The minimum absolute atomic E-state index is 0.411. The molecule has 0 aliphatic heterocycles. The average Bonchev–Trinajstić information content (AvgIpc) is 2.55. The summed E-state index contributed by atoms with van der Waals surface area (Å²) in [4.78, 5) is 8.19. The monoisotopic (exact) mass is 314 g/mol. The molecule has 0 spiro atoms. The third-order valence-electron chi connectivity index (χ3n) is 3.48. The van der Waals surface area contributed by atoms with Crippen LogP contribution in [0.5, 0.6) is 0 Å². The maximum absolute atomic E-state index is 14.0.